The van der Waals surface area contributed by atoms with E-state index >= 15 is 0 Å². The van der Waals surface area contributed by atoms with Crippen molar-refractivity contribution in [3.8, 4) is 11.5 Å². The number of hydrogen-bond donors (Lipinski definition) is 1. The van der Waals surface area contributed by atoms with Crippen molar-refractivity contribution in [2.45, 2.75) is 27.0 Å². The first-order valence-corrected chi connectivity index (χ1v) is 8.84. The van der Waals surface area contributed by atoms with E-state index in [4.69, 9.17) is 13.9 Å². The molecule has 2 aromatic heterocycles. The molecule has 1 aromatic carbocycles. The number of nitrogens with one attached hydrogen (secondary N) is 1. The number of carbonyl (C=O) groups excluding carboxylic acids is 1. The molecule has 136 valence electrons. The van der Waals surface area contributed by atoms with Crippen LogP contribution in [0, 0.1) is 13.8 Å². The van der Waals surface area contributed by atoms with E-state index in [1.165, 1.54) is 17.6 Å². The zero-order chi connectivity index (χ0) is 18.5. The Morgan fingerprint density at radius 1 is 1.27 bits per heavy atom. The molecule has 0 saturated heterocycles. The molecule has 0 aliphatic rings. The van der Waals surface area contributed by atoms with Crippen LogP contribution >= 0.6 is 11.3 Å². The standard InChI is InChI=1S/C18H19N3O4S/c1-11-4-5-14(15(6-11)23-3)24-9-16-21-13(8-25-16)18(22)19-7-17-20-12(2)10-26-17/h4-6,8,10H,7,9H2,1-3H3,(H,19,22). The van der Waals surface area contributed by atoms with Gasteiger partial charge in [0.25, 0.3) is 5.91 Å². The van der Waals surface area contributed by atoms with Crippen LogP contribution in [0.25, 0.3) is 0 Å². The number of hydrogen-bond acceptors (Lipinski definition) is 7. The predicted octanol–water partition coefficient (Wildman–Crippen LogP) is 3.27. The normalized spacial score (nSPS) is 10.6. The number of aryl methyl sites for hydroxylation is 2. The molecule has 0 unspecified atom stereocenters. The van der Waals surface area contributed by atoms with Crippen LogP contribution in [0.1, 0.15) is 32.6 Å². The van der Waals surface area contributed by atoms with Crippen molar-refractivity contribution in [2.75, 3.05) is 7.11 Å². The lowest BCUT2D eigenvalue weighted by molar-refractivity contribution is 0.0945. The van der Waals surface area contributed by atoms with Gasteiger partial charge in [-0.2, -0.15) is 0 Å². The molecule has 0 fully saturated rings. The van der Waals surface area contributed by atoms with E-state index in [-0.39, 0.29) is 18.2 Å². The zero-order valence-electron chi connectivity index (χ0n) is 14.7. The van der Waals surface area contributed by atoms with Gasteiger partial charge < -0.3 is 19.2 Å². The fourth-order valence-electron chi connectivity index (χ4n) is 2.25. The fraction of sp³-hybridized carbons (Fsp3) is 0.278. The molecule has 1 amide bonds. The van der Waals surface area contributed by atoms with Gasteiger partial charge in [-0.3, -0.25) is 4.79 Å². The maximum absolute atomic E-state index is 12.1. The van der Waals surface area contributed by atoms with Crippen LogP contribution in [0.5, 0.6) is 11.5 Å². The van der Waals surface area contributed by atoms with E-state index in [1.54, 1.807) is 7.11 Å². The fourth-order valence-corrected chi connectivity index (χ4v) is 2.96. The van der Waals surface area contributed by atoms with Gasteiger partial charge in [0.2, 0.25) is 5.89 Å². The van der Waals surface area contributed by atoms with Gasteiger partial charge >= 0.3 is 0 Å². The lowest BCUT2D eigenvalue weighted by Gasteiger charge is -2.09. The molecule has 26 heavy (non-hydrogen) atoms. The van der Waals surface area contributed by atoms with Crippen molar-refractivity contribution in [1.29, 1.82) is 0 Å². The van der Waals surface area contributed by atoms with Gasteiger partial charge in [-0.15, -0.1) is 11.3 Å². The third-order valence-corrected chi connectivity index (χ3v) is 4.49. The molecule has 3 aromatic rings. The number of rotatable bonds is 7. The molecular formula is C18H19N3O4S. The summed E-state index contributed by atoms with van der Waals surface area (Å²) in [5, 5.41) is 5.54. The number of carbonyl (C=O) groups is 1. The Bertz CT molecular complexity index is 903. The second-order valence-electron chi connectivity index (χ2n) is 5.63. The summed E-state index contributed by atoms with van der Waals surface area (Å²) >= 11 is 1.50. The van der Waals surface area contributed by atoms with Gasteiger partial charge in [0.05, 0.1) is 13.7 Å². The summed E-state index contributed by atoms with van der Waals surface area (Å²) in [5.74, 6) is 1.21. The zero-order valence-corrected chi connectivity index (χ0v) is 15.6. The van der Waals surface area contributed by atoms with Crippen LogP contribution in [0.15, 0.2) is 34.3 Å². The predicted molar refractivity (Wildman–Crippen MR) is 96.6 cm³/mol. The smallest absolute Gasteiger partial charge is 0.273 e. The van der Waals surface area contributed by atoms with E-state index in [2.05, 4.69) is 15.3 Å². The molecule has 0 atom stereocenters. The number of nitrogens with zero attached hydrogens (tertiary/aromatic N) is 2. The first-order chi connectivity index (χ1) is 12.5. The molecule has 3 rings (SSSR count). The molecular weight excluding hydrogens is 354 g/mol. The van der Waals surface area contributed by atoms with Crippen molar-refractivity contribution in [1.82, 2.24) is 15.3 Å². The molecule has 0 radical (unpaired) electrons. The molecule has 0 aliphatic heterocycles. The molecule has 8 heteroatoms. The summed E-state index contributed by atoms with van der Waals surface area (Å²) in [6, 6.07) is 5.62. The van der Waals surface area contributed by atoms with Gasteiger partial charge in [0.15, 0.2) is 23.8 Å². The summed E-state index contributed by atoms with van der Waals surface area (Å²) in [4.78, 5) is 20.6. The lowest BCUT2D eigenvalue weighted by atomic mass is 10.2. The summed E-state index contributed by atoms with van der Waals surface area (Å²) in [5.41, 5.74) is 2.21. The van der Waals surface area contributed by atoms with E-state index in [0.29, 0.717) is 23.9 Å². The van der Waals surface area contributed by atoms with Crippen LogP contribution in [-0.2, 0) is 13.2 Å². The van der Waals surface area contributed by atoms with Crippen LogP contribution in [-0.4, -0.2) is 23.0 Å². The molecule has 0 spiro atoms. The highest BCUT2D eigenvalue weighted by molar-refractivity contribution is 7.09. The quantitative estimate of drug-likeness (QED) is 0.684. The maximum atomic E-state index is 12.1. The van der Waals surface area contributed by atoms with Crippen molar-refractivity contribution < 1.29 is 18.7 Å². The summed E-state index contributed by atoms with van der Waals surface area (Å²) in [6.07, 6.45) is 1.31. The monoisotopic (exact) mass is 373 g/mol. The average Bonchev–Trinajstić information content (AvgIpc) is 3.27. The highest BCUT2D eigenvalue weighted by Crippen LogP contribution is 2.28. The second-order valence-corrected chi connectivity index (χ2v) is 6.58. The first-order valence-electron chi connectivity index (χ1n) is 7.96. The number of oxazole rings is 1. The van der Waals surface area contributed by atoms with E-state index in [9.17, 15) is 4.79 Å². The largest absolute Gasteiger partial charge is 0.493 e. The van der Waals surface area contributed by atoms with Gasteiger partial charge in [-0.05, 0) is 31.5 Å². The highest BCUT2D eigenvalue weighted by atomic mass is 32.1. The minimum Gasteiger partial charge on any atom is -0.493 e. The minimum atomic E-state index is -0.319. The lowest BCUT2D eigenvalue weighted by Crippen LogP contribution is -2.23. The van der Waals surface area contributed by atoms with Crippen LogP contribution < -0.4 is 14.8 Å². The Hall–Kier alpha value is -2.87. The Labute approximate surface area is 155 Å². The number of benzene rings is 1. The van der Waals surface area contributed by atoms with Gasteiger partial charge in [0, 0.05) is 11.1 Å². The first kappa shape index (κ1) is 17.9. The number of aromatic nitrogens is 2. The molecule has 0 aliphatic carbocycles. The van der Waals surface area contributed by atoms with E-state index in [1.807, 2.05) is 37.4 Å². The number of ether oxygens (including phenoxy) is 2. The van der Waals surface area contributed by atoms with Gasteiger partial charge in [-0.25, -0.2) is 9.97 Å². The molecule has 1 N–H and O–H groups in total. The molecule has 7 nitrogen and oxygen atoms in total. The minimum absolute atomic E-state index is 0.0956. The summed E-state index contributed by atoms with van der Waals surface area (Å²) in [7, 11) is 1.58. The van der Waals surface area contributed by atoms with Crippen LogP contribution in [0.4, 0.5) is 0 Å². The SMILES string of the molecule is COc1cc(C)ccc1OCc1nc(C(=O)NCc2nc(C)cs2)co1. The van der Waals surface area contributed by atoms with Crippen LogP contribution in [0.2, 0.25) is 0 Å². The van der Waals surface area contributed by atoms with Crippen LogP contribution in [0.3, 0.4) is 0 Å². The van der Waals surface area contributed by atoms with E-state index < -0.39 is 0 Å². The third kappa shape index (κ3) is 4.40. The highest BCUT2D eigenvalue weighted by Gasteiger charge is 2.14. The Morgan fingerprint density at radius 3 is 2.85 bits per heavy atom. The summed E-state index contributed by atoms with van der Waals surface area (Å²) < 4.78 is 16.3. The molecule has 0 bridgehead atoms. The van der Waals surface area contributed by atoms with Crippen molar-refractivity contribution in [3.05, 3.63) is 57.7 Å². The number of amides is 1. The summed E-state index contributed by atoms with van der Waals surface area (Å²) in [6.45, 7) is 4.34. The topological polar surface area (TPSA) is 86.5 Å². The van der Waals surface area contributed by atoms with Crippen molar-refractivity contribution in [2.24, 2.45) is 0 Å². The van der Waals surface area contributed by atoms with E-state index in [0.717, 1.165) is 16.3 Å². The number of thiazole rings is 1. The van der Waals surface area contributed by atoms with Crippen molar-refractivity contribution in [3.63, 3.8) is 0 Å². The molecule has 2 heterocycles. The van der Waals surface area contributed by atoms with Gasteiger partial charge in [0.1, 0.15) is 11.3 Å². The van der Waals surface area contributed by atoms with Gasteiger partial charge in [-0.1, -0.05) is 6.07 Å². The Kier molecular flexibility index (Phi) is 5.52. The second kappa shape index (κ2) is 8.01. The third-order valence-electron chi connectivity index (χ3n) is 3.52. The average molecular weight is 373 g/mol. The Morgan fingerprint density at radius 2 is 2.12 bits per heavy atom. The number of methoxy groups -OCH3 is 1. The van der Waals surface area contributed by atoms with Crippen molar-refractivity contribution >= 4 is 17.2 Å². The molecule has 0 saturated carbocycles. The Balaban J connectivity index is 1.56. The maximum Gasteiger partial charge on any atom is 0.273 e.